The number of halogens is 2. The van der Waals surface area contributed by atoms with Crippen molar-refractivity contribution in [3.05, 3.63) is 35.2 Å². The molecule has 0 radical (unpaired) electrons. The van der Waals surface area contributed by atoms with E-state index in [0.717, 1.165) is 50.2 Å². The van der Waals surface area contributed by atoms with Gasteiger partial charge in [0, 0.05) is 18.1 Å². The first-order valence-electron chi connectivity index (χ1n) is 8.72. The Labute approximate surface area is 150 Å². The van der Waals surface area contributed by atoms with E-state index in [0.29, 0.717) is 11.3 Å². The number of ether oxygens (including phenoxy) is 1. The van der Waals surface area contributed by atoms with Crippen LogP contribution in [0.2, 0.25) is 5.02 Å². The summed E-state index contributed by atoms with van der Waals surface area (Å²) in [4.78, 5) is 8.89. The molecule has 1 aromatic carbocycles. The van der Waals surface area contributed by atoms with Gasteiger partial charge in [-0.1, -0.05) is 17.7 Å². The monoisotopic (exact) mass is 362 g/mol. The van der Waals surface area contributed by atoms with Gasteiger partial charge in [-0.05, 0) is 49.4 Å². The number of aromatic nitrogens is 1. The van der Waals surface area contributed by atoms with Crippen molar-refractivity contribution in [2.75, 3.05) is 31.1 Å². The van der Waals surface area contributed by atoms with Crippen LogP contribution < -0.4 is 10.6 Å². The Morgan fingerprint density at radius 1 is 1.28 bits per heavy atom. The van der Waals surface area contributed by atoms with Gasteiger partial charge in [-0.3, -0.25) is 5.73 Å². The second-order valence-electron chi connectivity index (χ2n) is 7.38. The van der Waals surface area contributed by atoms with Crippen LogP contribution in [-0.4, -0.2) is 48.0 Å². The summed E-state index contributed by atoms with van der Waals surface area (Å²) in [5.41, 5.74) is 6.09. The average Bonchev–Trinajstić information content (AvgIpc) is 2.95. The summed E-state index contributed by atoms with van der Waals surface area (Å²) in [6, 6.07) is 5.23. The van der Waals surface area contributed by atoms with Gasteiger partial charge in [-0.2, -0.15) is 0 Å². The number of fused-ring (bicyclic) bond motifs is 3. The summed E-state index contributed by atoms with van der Waals surface area (Å²) in [5, 5.41) is 1.28. The standard InChI is InChI=1S/C18H20ClFN4O/c19-14-2-1-11-7-15(22-8-13(11)16(14)20)24-10-18(25-17(24)21)9-23-5-3-12(18)4-6-23/h1-2,7-8,12,17H,3-6,9-10,21H2. The molecule has 2 unspecified atom stereocenters. The first-order valence-corrected chi connectivity index (χ1v) is 9.10. The highest BCUT2D eigenvalue weighted by Gasteiger charge is 2.54. The summed E-state index contributed by atoms with van der Waals surface area (Å²) in [5.74, 6) is 0.828. The van der Waals surface area contributed by atoms with Gasteiger partial charge in [0.05, 0.1) is 11.6 Å². The molecule has 0 saturated carbocycles. The molecule has 4 saturated heterocycles. The number of rotatable bonds is 1. The maximum Gasteiger partial charge on any atom is 0.186 e. The maximum atomic E-state index is 14.1. The van der Waals surface area contributed by atoms with E-state index in [1.165, 1.54) is 6.20 Å². The van der Waals surface area contributed by atoms with E-state index in [4.69, 9.17) is 22.1 Å². The predicted molar refractivity (Wildman–Crippen MR) is 95.0 cm³/mol. The minimum absolute atomic E-state index is 0.106. The fraction of sp³-hybridized carbons (Fsp3) is 0.500. The third-order valence-corrected chi connectivity index (χ3v) is 6.29. The first-order chi connectivity index (χ1) is 12.1. The summed E-state index contributed by atoms with van der Waals surface area (Å²) in [6.07, 6.45) is 3.33. The van der Waals surface area contributed by atoms with Crippen LogP contribution in [-0.2, 0) is 4.74 Å². The van der Waals surface area contributed by atoms with E-state index in [2.05, 4.69) is 9.88 Å². The molecule has 1 aromatic heterocycles. The fourth-order valence-corrected chi connectivity index (χ4v) is 4.84. The Morgan fingerprint density at radius 3 is 2.80 bits per heavy atom. The molecule has 4 aliphatic heterocycles. The minimum Gasteiger partial charge on any atom is -0.335 e. The number of hydrogen-bond acceptors (Lipinski definition) is 5. The van der Waals surface area contributed by atoms with Crippen molar-refractivity contribution in [1.29, 1.82) is 0 Å². The Bertz CT molecular complexity index is 841. The molecule has 132 valence electrons. The summed E-state index contributed by atoms with van der Waals surface area (Å²) >= 11 is 5.85. The zero-order valence-electron chi connectivity index (χ0n) is 13.8. The highest BCUT2D eigenvalue weighted by Crippen LogP contribution is 2.43. The molecule has 7 heteroatoms. The molecule has 2 aromatic rings. The van der Waals surface area contributed by atoms with Crippen molar-refractivity contribution in [3.63, 3.8) is 0 Å². The van der Waals surface area contributed by atoms with Gasteiger partial charge < -0.3 is 14.5 Å². The third-order valence-electron chi connectivity index (χ3n) is 5.99. The molecule has 4 fully saturated rings. The van der Waals surface area contributed by atoms with Gasteiger partial charge in [0.1, 0.15) is 11.4 Å². The van der Waals surface area contributed by atoms with Crippen molar-refractivity contribution < 1.29 is 9.13 Å². The molecular weight excluding hydrogens is 343 g/mol. The lowest BCUT2D eigenvalue weighted by Crippen LogP contribution is -2.61. The van der Waals surface area contributed by atoms with Crippen molar-refractivity contribution in [2.45, 2.75) is 24.8 Å². The first kappa shape index (κ1) is 15.8. The Kier molecular flexibility index (Phi) is 3.47. The summed E-state index contributed by atoms with van der Waals surface area (Å²) in [7, 11) is 0. The maximum absolute atomic E-state index is 14.1. The van der Waals surface area contributed by atoms with Gasteiger partial charge in [0.15, 0.2) is 12.2 Å². The molecule has 2 N–H and O–H groups in total. The number of benzene rings is 1. The number of nitrogens with two attached hydrogens (primary N) is 1. The lowest BCUT2D eigenvalue weighted by molar-refractivity contribution is -0.137. The number of piperidine rings is 3. The van der Waals surface area contributed by atoms with Crippen LogP contribution in [0.5, 0.6) is 0 Å². The molecule has 1 spiro atoms. The lowest BCUT2D eigenvalue weighted by atomic mass is 9.75. The zero-order chi connectivity index (χ0) is 17.2. The largest absolute Gasteiger partial charge is 0.335 e. The van der Waals surface area contributed by atoms with Crippen molar-refractivity contribution in [3.8, 4) is 0 Å². The van der Waals surface area contributed by atoms with Gasteiger partial charge >= 0.3 is 0 Å². The SMILES string of the molecule is NC1OC2(CN3CCC2CC3)CN1c1cc2ccc(Cl)c(F)c2cn1. The van der Waals surface area contributed by atoms with Gasteiger partial charge in [0.25, 0.3) is 0 Å². The van der Waals surface area contributed by atoms with E-state index < -0.39 is 12.2 Å². The van der Waals surface area contributed by atoms with E-state index in [1.54, 1.807) is 12.1 Å². The van der Waals surface area contributed by atoms with E-state index in [1.807, 2.05) is 11.0 Å². The van der Waals surface area contributed by atoms with Crippen LogP contribution in [0.25, 0.3) is 10.8 Å². The fourth-order valence-electron chi connectivity index (χ4n) is 4.67. The van der Waals surface area contributed by atoms with Gasteiger partial charge in [0.2, 0.25) is 0 Å². The van der Waals surface area contributed by atoms with Gasteiger partial charge in [-0.15, -0.1) is 0 Å². The predicted octanol–water partition coefficient (Wildman–Crippen LogP) is 2.57. The quantitative estimate of drug-likeness (QED) is 0.845. The molecular formula is C18H20ClFN4O. The van der Waals surface area contributed by atoms with E-state index in [9.17, 15) is 4.39 Å². The molecule has 0 amide bonds. The average molecular weight is 363 g/mol. The van der Waals surface area contributed by atoms with E-state index in [-0.39, 0.29) is 10.6 Å². The second kappa shape index (κ2) is 5.51. The normalized spacial score (nSPS) is 34.4. The molecule has 25 heavy (non-hydrogen) atoms. The Balaban J connectivity index is 1.49. The van der Waals surface area contributed by atoms with Crippen LogP contribution in [0.15, 0.2) is 24.4 Å². The molecule has 2 bridgehead atoms. The molecule has 4 aliphatic rings. The lowest BCUT2D eigenvalue weighted by Gasteiger charge is -2.50. The molecule has 5 heterocycles. The van der Waals surface area contributed by atoms with Crippen LogP contribution in [0.3, 0.4) is 0 Å². The smallest absolute Gasteiger partial charge is 0.186 e. The van der Waals surface area contributed by atoms with Crippen LogP contribution in [0.4, 0.5) is 10.2 Å². The zero-order valence-corrected chi connectivity index (χ0v) is 14.5. The highest BCUT2D eigenvalue weighted by atomic mass is 35.5. The second-order valence-corrected chi connectivity index (χ2v) is 7.78. The van der Waals surface area contributed by atoms with Crippen molar-refractivity contribution >= 4 is 28.2 Å². The van der Waals surface area contributed by atoms with Crippen molar-refractivity contribution in [1.82, 2.24) is 9.88 Å². The molecule has 0 aliphatic carbocycles. The number of nitrogens with zero attached hydrogens (tertiary/aromatic N) is 3. The summed E-state index contributed by atoms with van der Waals surface area (Å²) < 4.78 is 20.4. The Hall–Kier alpha value is -1.47. The number of hydrogen-bond donors (Lipinski definition) is 1. The molecule has 6 rings (SSSR count). The Morgan fingerprint density at radius 2 is 2.08 bits per heavy atom. The van der Waals surface area contributed by atoms with Crippen LogP contribution in [0.1, 0.15) is 12.8 Å². The molecule has 2 atom stereocenters. The number of anilines is 1. The van der Waals surface area contributed by atoms with Gasteiger partial charge in [-0.25, -0.2) is 9.37 Å². The topological polar surface area (TPSA) is 54.6 Å². The van der Waals surface area contributed by atoms with E-state index >= 15 is 0 Å². The highest BCUT2D eigenvalue weighted by molar-refractivity contribution is 6.31. The van der Waals surface area contributed by atoms with Crippen LogP contribution >= 0.6 is 11.6 Å². The number of pyridine rings is 1. The minimum atomic E-state index is -0.525. The van der Waals surface area contributed by atoms with Crippen LogP contribution in [0, 0.1) is 11.7 Å². The van der Waals surface area contributed by atoms with Crippen molar-refractivity contribution in [2.24, 2.45) is 11.7 Å². The molecule has 5 nitrogen and oxygen atoms in total. The summed E-state index contributed by atoms with van der Waals surface area (Å²) in [6.45, 7) is 3.96. The third kappa shape index (κ3) is 2.35.